The Morgan fingerprint density at radius 1 is 1.11 bits per heavy atom. The third-order valence-electron chi connectivity index (χ3n) is 4.64. The summed E-state index contributed by atoms with van der Waals surface area (Å²) < 4.78 is 38.4. The van der Waals surface area contributed by atoms with Crippen LogP contribution >= 0.6 is 0 Å². The molecule has 3 atom stereocenters. The molecular formula is C15H18F3N. The number of hydrogen-bond donors (Lipinski definition) is 1. The molecule has 1 saturated carbocycles. The zero-order chi connectivity index (χ0) is 13.5. The Balaban J connectivity index is 1.89. The van der Waals surface area contributed by atoms with Gasteiger partial charge in [0.15, 0.2) is 0 Å². The lowest BCUT2D eigenvalue weighted by Crippen LogP contribution is -2.25. The van der Waals surface area contributed by atoms with Crippen LogP contribution in [0, 0.1) is 11.8 Å². The molecule has 1 N–H and O–H groups in total. The number of rotatable bonds is 1. The highest BCUT2D eigenvalue weighted by molar-refractivity contribution is 5.29. The van der Waals surface area contributed by atoms with Gasteiger partial charge in [-0.2, -0.15) is 13.2 Å². The van der Waals surface area contributed by atoms with E-state index in [9.17, 15) is 13.2 Å². The van der Waals surface area contributed by atoms with Gasteiger partial charge in [0.05, 0.1) is 5.56 Å². The predicted octanol–water partition coefficient (Wildman–Crippen LogP) is 3.81. The fourth-order valence-electron chi connectivity index (χ4n) is 3.71. The number of fused-ring (bicyclic) bond motifs is 1. The molecule has 3 rings (SSSR count). The smallest absolute Gasteiger partial charge is 0.316 e. The van der Waals surface area contributed by atoms with Crippen LogP contribution in [0.1, 0.15) is 36.3 Å². The first-order valence-corrected chi connectivity index (χ1v) is 6.93. The van der Waals surface area contributed by atoms with Crippen molar-refractivity contribution in [1.29, 1.82) is 0 Å². The summed E-state index contributed by atoms with van der Waals surface area (Å²) in [4.78, 5) is 0. The van der Waals surface area contributed by atoms with Crippen molar-refractivity contribution < 1.29 is 13.2 Å². The summed E-state index contributed by atoms with van der Waals surface area (Å²) in [5, 5.41) is 3.39. The van der Waals surface area contributed by atoms with Crippen LogP contribution in [0.15, 0.2) is 24.3 Å². The van der Waals surface area contributed by atoms with Crippen molar-refractivity contribution in [1.82, 2.24) is 5.32 Å². The molecule has 0 bridgehead atoms. The quantitative estimate of drug-likeness (QED) is 0.817. The SMILES string of the molecule is FC(F)(F)c1cccc(C2CCCC3CNCC32)c1. The van der Waals surface area contributed by atoms with Gasteiger partial charge in [0.25, 0.3) is 0 Å². The third kappa shape index (κ3) is 2.50. The van der Waals surface area contributed by atoms with Crippen LogP contribution in [0.25, 0.3) is 0 Å². The van der Waals surface area contributed by atoms with Gasteiger partial charge in [-0.1, -0.05) is 24.6 Å². The fraction of sp³-hybridized carbons (Fsp3) is 0.600. The lowest BCUT2D eigenvalue weighted by molar-refractivity contribution is -0.137. The summed E-state index contributed by atoms with van der Waals surface area (Å²) in [6, 6.07) is 5.92. The average molecular weight is 269 g/mol. The van der Waals surface area contributed by atoms with E-state index in [2.05, 4.69) is 5.32 Å². The molecule has 1 saturated heterocycles. The molecule has 1 aliphatic carbocycles. The first-order chi connectivity index (χ1) is 9.05. The maximum Gasteiger partial charge on any atom is 0.416 e. The topological polar surface area (TPSA) is 12.0 Å². The second-order valence-corrected chi connectivity index (χ2v) is 5.74. The molecule has 19 heavy (non-hydrogen) atoms. The largest absolute Gasteiger partial charge is 0.416 e. The van der Waals surface area contributed by atoms with Gasteiger partial charge < -0.3 is 5.32 Å². The summed E-state index contributed by atoms with van der Waals surface area (Å²) in [5.41, 5.74) is 0.353. The van der Waals surface area contributed by atoms with Crippen molar-refractivity contribution in [2.24, 2.45) is 11.8 Å². The van der Waals surface area contributed by atoms with Gasteiger partial charge in [-0.25, -0.2) is 0 Å². The fourth-order valence-corrected chi connectivity index (χ4v) is 3.71. The summed E-state index contributed by atoms with van der Waals surface area (Å²) in [6.07, 6.45) is -0.876. The standard InChI is InChI=1S/C15H18F3N/c16-15(17,18)12-5-1-3-10(7-12)13-6-2-4-11-8-19-9-14(11)13/h1,3,5,7,11,13-14,19H,2,4,6,8-9H2. The number of alkyl halides is 3. The molecule has 1 aromatic carbocycles. The molecule has 1 aromatic rings. The highest BCUT2D eigenvalue weighted by atomic mass is 19.4. The average Bonchev–Trinajstić information content (AvgIpc) is 2.86. The lowest BCUT2D eigenvalue weighted by atomic mass is 9.71. The summed E-state index contributed by atoms with van der Waals surface area (Å²) >= 11 is 0. The molecule has 2 aliphatic rings. The van der Waals surface area contributed by atoms with Gasteiger partial charge in [-0.3, -0.25) is 0 Å². The van der Waals surface area contributed by atoms with Crippen LogP contribution < -0.4 is 5.32 Å². The molecule has 1 nitrogen and oxygen atoms in total. The van der Waals surface area contributed by atoms with Crippen LogP contribution in [-0.4, -0.2) is 13.1 Å². The number of hydrogen-bond acceptors (Lipinski definition) is 1. The zero-order valence-corrected chi connectivity index (χ0v) is 10.7. The summed E-state index contributed by atoms with van der Waals surface area (Å²) in [6.45, 7) is 1.98. The highest BCUT2D eigenvalue weighted by Crippen LogP contribution is 2.43. The van der Waals surface area contributed by atoms with E-state index >= 15 is 0 Å². The molecule has 3 unspecified atom stereocenters. The first-order valence-electron chi connectivity index (χ1n) is 6.93. The summed E-state index contributed by atoms with van der Waals surface area (Å²) in [7, 11) is 0. The van der Waals surface area contributed by atoms with E-state index in [0.29, 0.717) is 11.8 Å². The van der Waals surface area contributed by atoms with Gasteiger partial charge in [-0.05, 0) is 55.3 Å². The molecule has 0 radical (unpaired) electrons. The Morgan fingerprint density at radius 3 is 2.74 bits per heavy atom. The van der Waals surface area contributed by atoms with Crippen LogP contribution in [0.3, 0.4) is 0 Å². The molecule has 1 aliphatic heterocycles. The molecule has 0 amide bonds. The molecule has 2 fully saturated rings. The van der Waals surface area contributed by atoms with Gasteiger partial charge in [0, 0.05) is 0 Å². The van der Waals surface area contributed by atoms with E-state index in [-0.39, 0.29) is 5.92 Å². The van der Waals surface area contributed by atoms with Crippen molar-refractivity contribution in [3.05, 3.63) is 35.4 Å². The van der Waals surface area contributed by atoms with Crippen molar-refractivity contribution in [2.75, 3.05) is 13.1 Å². The Bertz CT molecular complexity index is 455. The Morgan fingerprint density at radius 2 is 1.95 bits per heavy atom. The van der Waals surface area contributed by atoms with Crippen LogP contribution in [0.4, 0.5) is 13.2 Å². The van der Waals surface area contributed by atoms with Crippen molar-refractivity contribution in [3.63, 3.8) is 0 Å². The first kappa shape index (κ1) is 13.0. The Labute approximate surface area is 111 Å². The number of halogens is 3. The molecule has 0 aromatic heterocycles. The van der Waals surface area contributed by atoms with E-state index in [4.69, 9.17) is 0 Å². The maximum absolute atomic E-state index is 12.8. The van der Waals surface area contributed by atoms with E-state index in [0.717, 1.165) is 37.6 Å². The second kappa shape index (κ2) is 4.82. The van der Waals surface area contributed by atoms with Gasteiger partial charge in [-0.15, -0.1) is 0 Å². The van der Waals surface area contributed by atoms with Crippen molar-refractivity contribution >= 4 is 0 Å². The normalized spacial score (nSPS) is 31.2. The van der Waals surface area contributed by atoms with E-state index in [1.165, 1.54) is 12.5 Å². The molecule has 104 valence electrons. The minimum absolute atomic E-state index is 0.288. The Kier molecular flexibility index (Phi) is 3.29. The molecule has 1 heterocycles. The maximum atomic E-state index is 12.8. The number of benzene rings is 1. The minimum atomic E-state index is -4.24. The van der Waals surface area contributed by atoms with Gasteiger partial charge in [0.2, 0.25) is 0 Å². The van der Waals surface area contributed by atoms with Crippen LogP contribution in [0.2, 0.25) is 0 Å². The van der Waals surface area contributed by atoms with E-state index < -0.39 is 11.7 Å². The Hall–Kier alpha value is -1.03. The van der Waals surface area contributed by atoms with Gasteiger partial charge in [0.1, 0.15) is 0 Å². The van der Waals surface area contributed by atoms with E-state index in [1.54, 1.807) is 6.07 Å². The van der Waals surface area contributed by atoms with Crippen LogP contribution in [0.5, 0.6) is 0 Å². The second-order valence-electron chi connectivity index (χ2n) is 5.74. The lowest BCUT2D eigenvalue weighted by Gasteiger charge is -2.33. The monoisotopic (exact) mass is 269 g/mol. The molecule has 0 spiro atoms. The highest BCUT2D eigenvalue weighted by Gasteiger charge is 2.38. The van der Waals surface area contributed by atoms with Crippen molar-refractivity contribution in [2.45, 2.75) is 31.4 Å². The number of nitrogens with one attached hydrogen (secondary N) is 1. The van der Waals surface area contributed by atoms with Gasteiger partial charge >= 0.3 is 6.18 Å². The third-order valence-corrected chi connectivity index (χ3v) is 4.64. The molecular weight excluding hydrogens is 251 g/mol. The molecule has 4 heteroatoms. The van der Waals surface area contributed by atoms with E-state index in [1.807, 2.05) is 6.07 Å². The van der Waals surface area contributed by atoms with Crippen LogP contribution in [-0.2, 0) is 6.18 Å². The minimum Gasteiger partial charge on any atom is -0.316 e. The zero-order valence-electron chi connectivity index (χ0n) is 10.7. The summed E-state index contributed by atoms with van der Waals surface area (Å²) in [5.74, 6) is 1.45. The predicted molar refractivity (Wildman–Crippen MR) is 67.9 cm³/mol. The van der Waals surface area contributed by atoms with Crippen molar-refractivity contribution in [3.8, 4) is 0 Å².